The fraction of sp³-hybridized carbons (Fsp3) is 0.357. The Morgan fingerprint density at radius 1 is 1.17 bits per heavy atom. The molecule has 0 aliphatic carbocycles. The Balaban J connectivity index is 2.18. The average Bonchev–Trinajstić information content (AvgIpc) is 2.39. The van der Waals surface area contributed by atoms with E-state index in [9.17, 15) is 0 Å². The Bertz CT molecular complexity index is 574. The zero-order valence-corrected chi connectivity index (χ0v) is 12.3. The summed E-state index contributed by atoms with van der Waals surface area (Å²) >= 11 is 9.75. The topological polar surface area (TPSA) is 16.1 Å². The van der Waals surface area contributed by atoms with Crippen LogP contribution in [0.1, 0.15) is 19.3 Å². The molecule has 2 aromatic rings. The number of halogens is 2. The van der Waals surface area contributed by atoms with Crippen molar-refractivity contribution in [1.82, 2.24) is 4.98 Å². The molecule has 0 unspecified atom stereocenters. The lowest BCUT2D eigenvalue weighted by Gasteiger charge is -2.30. The number of pyridine rings is 1. The van der Waals surface area contributed by atoms with Crippen molar-refractivity contribution < 1.29 is 0 Å². The molecule has 0 amide bonds. The van der Waals surface area contributed by atoms with E-state index in [2.05, 4.69) is 25.8 Å². The van der Waals surface area contributed by atoms with Gasteiger partial charge in [0.15, 0.2) is 0 Å². The average molecular weight is 326 g/mol. The number of aromatic nitrogens is 1. The summed E-state index contributed by atoms with van der Waals surface area (Å²) in [5, 5.41) is 1.90. The van der Waals surface area contributed by atoms with Gasteiger partial charge in [0.25, 0.3) is 0 Å². The summed E-state index contributed by atoms with van der Waals surface area (Å²) in [4.78, 5) is 6.88. The molecule has 3 rings (SSSR count). The fourth-order valence-corrected chi connectivity index (χ4v) is 3.30. The molecular weight excluding hydrogens is 312 g/mol. The minimum atomic E-state index is 0.764. The Hall–Kier alpha value is -0.800. The first-order valence-electron chi connectivity index (χ1n) is 6.24. The largest absolute Gasteiger partial charge is 0.370 e. The maximum atomic E-state index is 6.12. The number of fused-ring (bicyclic) bond motifs is 1. The lowest BCUT2D eigenvalue weighted by atomic mass is 10.1. The predicted octanol–water partition coefficient (Wildman–Crippen LogP) is 4.64. The van der Waals surface area contributed by atoms with Crippen molar-refractivity contribution in [2.45, 2.75) is 19.3 Å². The fourth-order valence-electron chi connectivity index (χ4n) is 2.57. The van der Waals surface area contributed by atoms with Gasteiger partial charge >= 0.3 is 0 Å². The highest BCUT2D eigenvalue weighted by Crippen LogP contribution is 2.35. The minimum absolute atomic E-state index is 0.764. The van der Waals surface area contributed by atoms with Crippen LogP contribution in [0, 0.1) is 0 Å². The molecule has 2 heterocycles. The van der Waals surface area contributed by atoms with Gasteiger partial charge in [-0.05, 0) is 53.4 Å². The molecule has 0 N–H and O–H groups in total. The van der Waals surface area contributed by atoms with Crippen LogP contribution in [0.25, 0.3) is 10.9 Å². The van der Waals surface area contributed by atoms with Crippen LogP contribution >= 0.6 is 27.5 Å². The number of anilines is 1. The molecule has 1 aromatic heterocycles. The third-order valence-corrected chi connectivity index (χ3v) is 4.24. The second kappa shape index (κ2) is 5.06. The molecule has 0 saturated carbocycles. The Labute approximate surface area is 120 Å². The summed E-state index contributed by atoms with van der Waals surface area (Å²) in [6, 6.07) is 5.89. The van der Waals surface area contributed by atoms with Gasteiger partial charge in [-0.1, -0.05) is 11.6 Å². The van der Waals surface area contributed by atoms with E-state index >= 15 is 0 Å². The lowest BCUT2D eigenvalue weighted by molar-refractivity contribution is 0.578. The molecule has 0 radical (unpaired) electrons. The summed E-state index contributed by atoms with van der Waals surface area (Å²) in [7, 11) is 0. The van der Waals surface area contributed by atoms with Crippen molar-refractivity contribution in [1.29, 1.82) is 0 Å². The first-order chi connectivity index (χ1) is 8.75. The van der Waals surface area contributed by atoms with Crippen molar-refractivity contribution in [3.8, 4) is 0 Å². The highest BCUT2D eigenvalue weighted by Gasteiger charge is 2.17. The number of piperidine rings is 1. The normalized spacial score (nSPS) is 16.2. The van der Waals surface area contributed by atoms with E-state index in [1.807, 2.05) is 24.4 Å². The van der Waals surface area contributed by atoms with Gasteiger partial charge in [-0.15, -0.1) is 0 Å². The van der Waals surface area contributed by atoms with Gasteiger partial charge < -0.3 is 4.90 Å². The van der Waals surface area contributed by atoms with Crippen LogP contribution in [0.3, 0.4) is 0 Å². The number of hydrogen-bond acceptors (Lipinski definition) is 2. The van der Waals surface area contributed by atoms with Gasteiger partial charge in [-0.25, -0.2) is 0 Å². The molecule has 0 atom stereocenters. The summed E-state index contributed by atoms with van der Waals surface area (Å²) in [6.07, 6.45) is 5.74. The zero-order chi connectivity index (χ0) is 12.5. The van der Waals surface area contributed by atoms with Gasteiger partial charge in [-0.2, -0.15) is 0 Å². The third-order valence-electron chi connectivity index (χ3n) is 3.43. The Kier molecular flexibility index (Phi) is 3.44. The molecule has 0 bridgehead atoms. The lowest BCUT2D eigenvalue weighted by Crippen LogP contribution is -2.29. The van der Waals surface area contributed by atoms with E-state index in [1.165, 1.54) is 24.9 Å². The quantitative estimate of drug-likeness (QED) is 0.759. The molecule has 1 aromatic carbocycles. The molecule has 0 spiro atoms. The van der Waals surface area contributed by atoms with Gasteiger partial charge in [0.05, 0.1) is 15.7 Å². The van der Waals surface area contributed by atoms with Crippen molar-refractivity contribution in [2.24, 2.45) is 0 Å². The summed E-state index contributed by atoms with van der Waals surface area (Å²) in [5.41, 5.74) is 2.24. The smallest absolute Gasteiger partial charge is 0.0724 e. The zero-order valence-electron chi connectivity index (χ0n) is 10.00. The highest BCUT2D eigenvalue weighted by molar-refractivity contribution is 9.10. The van der Waals surface area contributed by atoms with Gasteiger partial charge in [-0.3, -0.25) is 4.98 Å². The van der Waals surface area contributed by atoms with E-state index in [0.717, 1.165) is 33.5 Å². The maximum absolute atomic E-state index is 6.12. The molecule has 1 aliphatic rings. The summed E-state index contributed by atoms with van der Waals surface area (Å²) in [6.45, 7) is 2.23. The number of hydrogen-bond donors (Lipinski definition) is 0. The third kappa shape index (κ3) is 2.21. The second-order valence-electron chi connectivity index (χ2n) is 4.66. The molecule has 1 fully saturated rings. The Morgan fingerprint density at radius 3 is 2.72 bits per heavy atom. The van der Waals surface area contributed by atoms with Crippen LogP contribution in [-0.2, 0) is 0 Å². The SMILES string of the molecule is Clc1ccc2ncc(Br)c(N3CCCCC3)c2c1. The number of nitrogens with zero attached hydrogens (tertiary/aromatic N) is 2. The van der Waals surface area contributed by atoms with E-state index < -0.39 is 0 Å². The Morgan fingerprint density at radius 2 is 1.94 bits per heavy atom. The van der Waals surface area contributed by atoms with E-state index in [-0.39, 0.29) is 0 Å². The predicted molar refractivity (Wildman–Crippen MR) is 80.5 cm³/mol. The first kappa shape index (κ1) is 12.2. The molecule has 1 saturated heterocycles. The molecule has 4 heteroatoms. The van der Waals surface area contributed by atoms with Crippen LogP contribution in [0.15, 0.2) is 28.9 Å². The van der Waals surface area contributed by atoms with Gasteiger partial charge in [0, 0.05) is 29.7 Å². The van der Waals surface area contributed by atoms with E-state index in [0.29, 0.717) is 0 Å². The van der Waals surface area contributed by atoms with Crippen LogP contribution < -0.4 is 4.90 Å². The van der Waals surface area contributed by atoms with Crippen LogP contribution in [-0.4, -0.2) is 18.1 Å². The monoisotopic (exact) mass is 324 g/mol. The van der Waals surface area contributed by atoms with Gasteiger partial charge in [0.2, 0.25) is 0 Å². The standard InChI is InChI=1S/C14H14BrClN2/c15-12-9-17-13-5-4-10(16)8-11(13)14(12)18-6-2-1-3-7-18/h4-5,8-9H,1-3,6-7H2. The maximum Gasteiger partial charge on any atom is 0.0724 e. The first-order valence-corrected chi connectivity index (χ1v) is 7.41. The number of benzene rings is 1. The van der Waals surface area contributed by atoms with E-state index in [4.69, 9.17) is 11.6 Å². The van der Waals surface area contributed by atoms with Crippen molar-refractivity contribution in [2.75, 3.05) is 18.0 Å². The molecule has 94 valence electrons. The van der Waals surface area contributed by atoms with Crippen molar-refractivity contribution in [3.63, 3.8) is 0 Å². The summed E-state index contributed by atoms with van der Waals surface area (Å²) in [5.74, 6) is 0. The van der Waals surface area contributed by atoms with Crippen molar-refractivity contribution >= 4 is 44.1 Å². The minimum Gasteiger partial charge on any atom is -0.370 e. The van der Waals surface area contributed by atoms with Crippen LogP contribution in [0.2, 0.25) is 5.02 Å². The molecule has 2 nitrogen and oxygen atoms in total. The number of rotatable bonds is 1. The highest BCUT2D eigenvalue weighted by atomic mass is 79.9. The van der Waals surface area contributed by atoms with Crippen LogP contribution in [0.4, 0.5) is 5.69 Å². The van der Waals surface area contributed by atoms with Gasteiger partial charge in [0.1, 0.15) is 0 Å². The molecule has 1 aliphatic heterocycles. The second-order valence-corrected chi connectivity index (χ2v) is 5.95. The van der Waals surface area contributed by atoms with E-state index in [1.54, 1.807) is 0 Å². The van der Waals surface area contributed by atoms with Crippen molar-refractivity contribution in [3.05, 3.63) is 33.9 Å². The molecule has 18 heavy (non-hydrogen) atoms. The molecular formula is C14H14BrClN2. The van der Waals surface area contributed by atoms with Crippen LogP contribution in [0.5, 0.6) is 0 Å². The summed E-state index contributed by atoms with van der Waals surface area (Å²) < 4.78 is 1.05.